The fourth-order valence-corrected chi connectivity index (χ4v) is 5.47. The summed E-state index contributed by atoms with van der Waals surface area (Å²) in [5, 5.41) is 4.14. The van der Waals surface area contributed by atoms with Crippen molar-refractivity contribution in [3.8, 4) is 5.75 Å². The van der Waals surface area contributed by atoms with E-state index in [0.717, 1.165) is 44.3 Å². The highest BCUT2D eigenvalue weighted by molar-refractivity contribution is 7.15. The van der Waals surface area contributed by atoms with Gasteiger partial charge >= 0.3 is 6.09 Å². The Hall–Kier alpha value is -3.27. The van der Waals surface area contributed by atoms with Gasteiger partial charge in [0, 0.05) is 39.2 Å². The molecule has 0 bridgehead atoms. The summed E-state index contributed by atoms with van der Waals surface area (Å²) < 4.78 is 11.3. The lowest BCUT2D eigenvalue weighted by Crippen LogP contribution is -2.41. The van der Waals surface area contributed by atoms with Crippen molar-refractivity contribution >= 4 is 45.1 Å². The van der Waals surface area contributed by atoms with E-state index in [2.05, 4.69) is 9.97 Å². The molecule has 188 valence electrons. The van der Waals surface area contributed by atoms with E-state index in [-0.39, 0.29) is 12.1 Å². The number of anilines is 1. The Morgan fingerprint density at radius 2 is 2.11 bits per heavy atom. The highest BCUT2D eigenvalue weighted by atomic mass is 35.5. The van der Waals surface area contributed by atoms with E-state index >= 15 is 0 Å². The molecule has 5 rings (SSSR count). The number of fused-ring (bicyclic) bond motifs is 3. The summed E-state index contributed by atoms with van der Waals surface area (Å²) in [4.78, 5) is 23.6. The molecule has 3 heterocycles. The predicted octanol–water partition coefficient (Wildman–Crippen LogP) is 5.45. The van der Waals surface area contributed by atoms with E-state index in [1.165, 1.54) is 5.56 Å². The number of H-pyrrole nitrogens is 1. The van der Waals surface area contributed by atoms with Crippen molar-refractivity contribution in [3.63, 3.8) is 0 Å². The van der Waals surface area contributed by atoms with Crippen LogP contribution in [0.5, 0.6) is 5.75 Å². The zero-order valence-electron chi connectivity index (χ0n) is 20.2. The topological polar surface area (TPSA) is 96.7 Å². The van der Waals surface area contributed by atoms with Crippen molar-refractivity contribution in [2.45, 2.75) is 26.3 Å². The first kappa shape index (κ1) is 24.4. The van der Waals surface area contributed by atoms with Crippen LogP contribution in [0.15, 0.2) is 48.7 Å². The molecule has 0 spiro atoms. The standard InChI is InChI=1S/C26H28ClN5O3S/c1-3-34-26(33)31-11-10-20-21-14-18(27)6-9-22(21)30-23(20)24(31)17-4-7-19(8-5-17)35-13-12-32(28)25-29-15-16(2)36-25/h4-9,14-15,24,30H,3,10-13,28H2,1-2H3. The third kappa shape index (κ3) is 4.86. The summed E-state index contributed by atoms with van der Waals surface area (Å²) in [5.41, 5.74) is 4.13. The number of nitrogens with zero attached hydrogens (tertiary/aromatic N) is 3. The van der Waals surface area contributed by atoms with Gasteiger partial charge in [0.25, 0.3) is 0 Å². The summed E-state index contributed by atoms with van der Waals surface area (Å²) in [6.07, 6.45) is 2.20. The van der Waals surface area contributed by atoms with Gasteiger partial charge in [0.2, 0.25) is 0 Å². The number of ether oxygens (including phenoxy) is 2. The van der Waals surface area contributed by atoms with Crippen molar-refractivity contribution in [2.24, 2.45) is 5.84 Å². The van der Waals surface area contributed by atoms with Crippen LogP contribution in [0.2, 0.25) is 5.02 Å². The molecule has 2 aromatic heterocycles. The maximum Gasteiger partial charge on any atom is 0.410 e. The SMILES string of the molecule is CCOC(=O)N1CCc2c([nH]c3ccc(Cl)cc23)C1c1ccc(OCCN(N)c2ncc(C)s2)cc1. The van der Waals surface area contributed by atoms with E-state index in [9.17, 15) is 4.79 Å². The molecule has 0 saturated heterocycles. The Bertz CT molecular complexity index is 1370. The van der Waals surface area contributed by atoms with Crippen LogP contribution in [-0.4, -0.2) is 47.3 Å². The fraction of sp³-hybridized carbons (Fsp3) is 0.308. The number of benzene rings is 2. The van der Waals surface area contributed by atoms with Crippen molar-refractivity contribution in [1.82, 2.24) is 14.9 Å². The summed E-state index contributed by atoms with van der Waals surface area (Å²) in [7, 11) is 0. The van der Waals surface area contributed by atoms with Gasteiger partial charge in [-0.15, -0.1) is 11.3 Å². The van der Waals surface area contributed by atoms with E-state index < -0.39 is 0 Å². The molecule has 1 amide bonds. The number of hydrogen-bond acceptors (Lipinski definition) is 7. The molecular weight excluding hydrogens is 498 g/mol. The number of nitrogens with one attached hydrogen (secondary N) is 1. The van der Waals surface area contributed by atoms with Crippen molar-refractivity contribution in [2.75, 3.05) is 31.3 Å². The first-order valence-electron chi connectivity index (χ1n) is 11.9. The Labute approximate surface area is 218 Å². The molecule has 8 nitrogen and oxygen atoms in total. The molecule has 1 aliphatic heterocycles. The molecule has 1 unspecified atom stereocenters. The molecule has 3 N–H and O–H groups in total. The lowest BCUT2D eigenvalue weighted by atomic mass is 9.92. The van der Waals surface area contributed by atoms with E-state index in [0.29, 0.717) is 31.3 Å². The van der Waals surface area contributed by atoms with Gasteiger partial charge in [-0.05, 0) is 61.7 Å². The minimum atomic E-state index is -0.328. The smallest absolute Gasteiger partial charge is 0.410 e. The van der Waals surface area contributed by atoms with Crippen LogP contribution in [0, 0.1) is 6.92 Å². The zero-order chi connectivity index (χ0) is 25.2. The number of hydrazine groups is 1. The first-order chi connectivity index (χ1) is 17.4. The Kier molecular flexibility index (Phi) is 7.04. The molecule has 2 aromatic carbocycles. The second kappa shape index (κ2) is 10.4. The Balaban J connectivity index is 1.37. The van der Waals surface area contributed by atoms with Crippen LogP contribution >= 0.6 is 22.9 Å². The van der Waals surface area contributed by atoms with Gasteiger partial charge < -0.3 is 14.5 Å². The molecule has 10 heteroatoms. The van der Waals surface area contributed by atoms with Crippen LogP contribution in [0.3, 0.4) is 0 Å². The average Bonchev–Trinajstić information content (AvgIpc) is 3.47. The van der Waals surface area contributed by atoms with Gasteiger partial charge in [0.05, 0.1) is 13.2 Å². The Morgan fingerprint density at radius 1 is 1.31 bits per heavy atom. The number of halogens is 1. The summed E-state index contributed by atoms with van der Waals surface area (Å²) in [6.45, 7) is 5.61. The third-order valence-electron chi connectivity index (χ3n) is 6.24. The Morgan fingerprint density at radius 3 is 2.83 bits per heavy atom. The van der Waals surface area contributed by atoms with Crippen molar-refractivity contribution < 1.29 is 14.3 Å². The predicted molar refractivity (Wildman–Crippen MR) is 143 cm³/mol. The van der Waals surface area contributed by atoms with Crippen molar-refractivity contribution in [1.29, 1.82) is 0 Å². The lowest BCUT2D eigenvalue weighted by Gasteiger charge is -2.35. The van der Waals surface area contributed by atoms with Gasteiger partial charge in [0.15, 0.2) is 5.13 Å². The molecule has 0 fully saturated rings. The second-order valence-electron chi connectivity index (χ2n) is 8.62. The highest BCUT2D eigenvalue weighted by Crippen LogP contribution is 2.39. The van der Waals surface area contributed by atoms with E-state index in [1.54, 1.807) is 27.4 Å². The average molecular weight is 526 g/mol. The third-order valence-corrected chi connectivity index (χ3v) is 7.43. The maximum atomic E-state index is 12.9. The molecule has 1 atom stereocenters. The lowest BCUT2D eigenvalue weighted by molar-refractivity contribution is 0.0932. The van der Waals surface area contributed by atoms with E-state index in [4.69, 9.17) is 26.9 Å². The van der Waals surface area contributed by atoms with Gasteiger partial charge in [-0.3, -0.25) is 9.91 Å². The highest BCUT2D eigenvalue weighted by Gasteiger charge is 2.35. The quantitative estimate of drug-likeness (QED) is 0.246. The number of rotatable bonds is 7. The number of carbonyl (C=O) groups excluding carboxylic acids is 1. The van der Waals surface area contributed by atoms with Gasteiger partial charge in [-0.25, -0.2) is 15.6 Å². The molecule has 4 aromatic rings. The van der Waals surface area contributed by atoms with Gasteiger partial charge in [-0.1, -0.05) is 23.7 Å². The van der Waals surface area contributed by atoms with Crippen molar-refractivity contribution in [3.05, 3.63) is 75.4 Å². The van der Waals surface area contributed by atoms with Gasteiger partial charge in [0.1, 0.15) is 18.4 Å². The first-order valence-corrected chi connectivity index (χ1v) is 13.0. The molecular formula is C26H28ClN5O3S. The number of amides is 1. The van der Waals surface area contributed by atoms with Crippen LogP contribution < -0.4 is 15.6 Å². The van der Waals surface area contributed by atoms with Crippen LogP contribution in [0.1, 0.15) is 34.7 Å². The summed E-state index contributed by atoms with van der Waals surface area (Å²) in [6, 6.07) is 13.3. The number of thiazole rings is 1. The number of carbonyl (C=O) groups is 1. The van der Waals surface area contributed by atoms with Crippen LogP contribution in [0.25, 0.3) is 10.9 Å². The zero-order valence-corrected chi connectivity index (χ0v) is 21.7. The normalized spacial score (nSPS) is 15.1. The largest absolute Gasteiger partial charge is 0.492 e. The molecule has 0 aliphatic carbocycles. The molecule has 0 radical (unpaired) electrons. The number of nitrogens with two attached hydrogens (primary N) is 1. The molecule has 1 aliphatic rings. The fourth-order valence-electron chi connectivity index (χ4n) is 4.59. The number of aromatic nitrogens is 2. The number of aryl methyl sites for hydroxylation is 1. The summed E-state index contributed by atoms with van der Waals surface area (Å²) >= 11 is 7.82. The molecule has 36 heavy (non-hydrogen) atoms. The van der Waals surface area contributed by atoms with Crippen LogP contribution in [-0.2, 0) is 11.2 Å². The number of hydrogen-bond donors (Lipinski definition) is 2. The monoisotopic (exact) mass is 525 g/mol. The minimum Gasteiger partial charge on any atom is -0.492 e. The minimum absolute atomic E-state index is 0.305. The number of aromatic amines is 1. The second-order valence-corrected chi connectivity index (χ2v) is 10.3. The van der Waals surface area contributed by atoms with Crippen LogP contribution in [0.4, 0.5) is 9.93 Å². The van der Waals surface area contributed by atoms with Gasteiger partial charge in [-0.2, -0.15) is 0 Å². The summed E-state index contributed by atoms with van der Waals surface area (Å²) in [5.74, 6) is 6.82. The maximum absolute atomic E-state index is 12.9. The van der Waals surface area contributed by atoms with E-state index in [1.807, 2.05) is 56.3 Å². The molecule has 0 saturated carbocycles.